The number of hydrogen-bond acceptors (Lipinski definition) is 7. The average molecular weight is 543 g/mol. The van der Waals surface area contributed by atoms with E-state index in [9.17, 15) is 4.79 Å². The molecule has 216 valence electrons. The van der Waals surface area contributed by atoms with Crippen molar-refractivity contribution < 1.29 is 33.2 Å². The maximum absolute atomic E-state index is 12.6. The van der Waals surface area contributed by atoms with Gasteiger partial charge in [0, 0.05) is 6.08 Å². The maximum atomic E-state index is 12.6. The smallest absolute Gasteiger partial charge is 0.331 e. The molecule has 0 radical (unpaired) electrons. The molecule has 1 aliphatic carbocycles. The van der Waals surface area contributed by atoms with E-state index in [0.29, 0.717) is 0 Å². The second kappa shape index (κ2) is 11.5. The van der Waals surface area contributed by atoms with Gasteiger partial charge in [-0.05, 0) is 84.3 Å². The summed E-state index contributed by atoms with van der Waals surface area (Å²) in [6.07, 6.45) is 13.1. The molecule has 3 fully saturated rings. The van der Waals surface area contributed by atoms with E-state index in [1.807, 2.05) is 52.8 Å². The number of carbonyl (C=O) groups is 1. The Balaban J connectivity index is 1.32. The molecule has 39 heavy (non-hydrogen) atoms. The van der Waals surface area contributed by atoms with E-state index in [1.54, 1.807) is 0 Å². The Bertz CT molecular complexity index is 1090. The molecule has 0 aromatic rings. The second-order valence-corrected chi connectivity index (χ2v) is 12.8. The average Bonchev–Trinajstić information content (AvgIpc) is 3.30. The van der Waals surface area contributed by atoms with Gasteiger partial charge >= 0.3 is 5.97 Å². The minimum atomic E-state index is -0.795. The molecule has 5 atom stereocenters. The largest absolute Gasteiger partial charge is 0.460 e. The summed E-state index contributed by atoms with van der Waals surface area (Å²) in [5, 5.41) is 0. The van der Waals surface area contributed by atoms with Crippen molar-refractivity contribution in [3.63, 3.8) is 0 Å². The predicted molar refractivity (Wildman–Crippen MR) is 150 cm³/mol. The van der Waals surface area contributed by atoms with E-state index in [0.717, 1.165) is 11.1 Å². The van der Waals surface area contributed by atoms with Crippen molar-refractivity contribution in [2.75, 3.05) is 6.61 Å². The quantitative estimate of drug-likeness (QED) is 0.208. The molecule has 0 bridgehead atoms. The fourth-order valence-corrected chi connectivity index (χ4v) is 5.90. The Morgan fingerprint density at radius 1 is 0.923 bits per heavy atom. The third-order valence-corrected chi connectivity index (χ3v) is 7.76. The highest BCUT2D eigenvalue weighted by Crippen LogP contribution is 2.44. The van der Waals surface area contributed by atoms with Gasteiger partial charge in [0.25, 0.3) is 0 Å². The molecule has 0 aromatic heterocycles. The van der Waals surface area contributed by atoms with Crippen molar-refractivity contribution in [1.82, 2.24) is 0 Å². The minimum Gasteiger partial charge on any atom is -0.460 e. The van der Waals surface area contributed by atoms with Gasteiger partial charge in [-0.3, -0.25) is 0 Å². The number of rotatable bonds is 7. The lowest BCUT2D eigenvalue weighted by molar-refractivity contribution is -0.242. The van der Waals surface area contributed by atoms with Crippen LogP contribution < -0.4 is 0 Å². The van der Waals surface area contributed by atoms with Crippen LogP contribution in [0.25, 0.3) is 0 Å². The Hall–Kier alpha value is -2.03. The van der Waals surface area contributed by atoms with Gasteiger partial charge in [-0.15, -0.1) is 0 Å². The van der Waals surface area contributed by atoms with Crippen LogP contribution in [0.1, 0.15) is 81.6 Å². The van der Waals surface area contributed by atoms with Crippen LogP contribution in [0.3, 0.4) is 0 Å². The molecule has 0 unspecified atom stereocenters. The molecule has 0 spiro atoms. The third-order valence-electron chi connectivity index (χ3n) is 7.76. The van der Waals surface area contributed by atoms with Gasteiger partial charge in [0.2, 0.25) is 0 Å². The highest BCUT2D eigenvalue weighted by molar-refractivity contribution is 5.83. The highest BCUT2D eigenvalue weighted by Gasteiger charge is 2.60. The van der Waals surface area contributed by atoms with Crippen LogP contribution in [0, 0.1) is 5.41 Å². The first-order chi connectivity index (χ1) is 18.2. The first-order valence-electron chi connectivity index (χ1n) is 14.1. The van der Waals surface area contributed by atoms with E-state index >= 15 is 0 Å². The number of fused-ring (bicyclic) bond motifs is 3. The zero-order valence-corrected chi connectivity index (χ0v) is 25.0. The van der Waals surface area contributed by atoms with E-state index < -0.39 is 42.1 Å². The molecule has 3 saturated heterocycles. The van der Waals surface area contributed by atoms with Crippen molar-refractivity contribution >= 4 is 5.97 Å². The molecule has 3 heterocycles. The standard InChI is InChI=1S/C32H46O7/c1-20(15-16-23-22(3)14-11-17-30(23,4)5)12-10-13-21(2)18-25(33)34-19-24-26-27(37-31(6,7)36-26)28-29(35-24)39-32(8,9)38-28/h10,12-13,15-16,18,24,26-29H,11,14,17,19H2,1-9H3/b13-10+,16-15+,20-12+,21-18-/t24-,26+,27+,28-,29-/m1/s1. The molecule has 4 aliphatic rings. The fourth-order valence-electron chi connectivity index (χ4n) is 5.90. The first kappa shape index (κ1) is 29.9. The Kier molecular flexibility index (Phi) is 8.79. The van der Waals surface area contributed by atoms with Crippen LogP contribution >= 0.6 is 0 Å². The van der Waals surface area contributed by atoms with Gasteiger partial charge in [0.1, 0.15) is 31.0 Å². The van der Waals surface area contributed by atoms with E-state index in [-0.39, 0.29) is 18.1 Å². The molecule has 7 nitrogen and oxygen atoms in total. The lowest BCUT2D eigenvalue weighted by atomic mass is 9.72. The second-order valence-electron chi connectivity index (χ2n) is 12.8. The molecule has 0 saturated carbocycles. The molecule has 0 amide bonds. The first-order valence-corrected chi connectivity index (χ1v) is 14.1. The summed E-state index contributed by atoms with van der Waals surface area (Å²) in [5.74, 6) is -2.03. The molecule has 7 heteroatoms. The normalized spacial score (nSPS) is 34.0. The number of allylic oxidation sites excluding steroid dienone is 9. The van der Waals surface area contributed by atoms with Crippen LogP contribution in [0.4, 0.5) is 0 Å². The maximum Gasteiger partial charge on any atom is 0.331 e. The van der Waals surface area contributed by atoms with Crippen molar-refractivity contribution in [2.45, 2.75) is 124 Å². The number of hydrogen-bond donors (Lipinski definition) is 0. The van der Waals surface area contributed by atoms with E-state index in [1.165, 1.54) is 36.5 Å². The van der Waals surface area contributed by atoms with E-state index in [2.05, 4.69) is 39.8 Å². The SMILES string of the molecule is CC1=C(/C=C/C(C)=C/C=C/C(C)=C\C(=O)OC[C@H]2O[C@@H]3OC(C)(C)O[C@@H]3[C@H]3OC(C)(C)O[C@H]32)C(C)(C)CCC1. The summed E-state index contributed by atoms with van der Waals surface area (Å²) in [4.78, 5) is 12.6. The lowest BCUT2D eigenvalue weighted by Gasteiger charge is -2.36. The van der Waals surface area contributed by atoms with Crippen LogP contribution in [0.2, 0.25) is 0 Å². The van der Waals surface area contributed by atoms with Crippen molar-refractivity contribution in [3.05, 3.63) is 58.7 Å². The van der Waals surface area contributed by atoms with Crippen molar-refractivity contribution in [2.24, 2.45) is 5.41 Å². The van der Waals surface area contributed by atoms with Gasteiger partial charge in [-0.25, -0.2) is 4.79 Å². The summed E-state index contributed by atoms with van der Waals surface area (Å²) in [5.41, 5.74) is 5.09. The zero-order chi connectivity index (χ0) is 28.6. The molecule has 0 aromatic carbocycles. The number of esters is 1. The van der Waals surface area contributed by atoms with Crippen LogP contribution in [0.15, 0.2) is 58.7 Å². The molecular formula is C32H46O7. The summed E-state index contributed by atoms with van der Waals surface area (Å²) in [6, 6.07) is 0. The van der Waals surface area contributed by atoms with Crippen LogP contribution in [-0.4, -0.2) is 54.9 Å². The third kappa shape index (κ3) is 7.39. The topological polar surface area (TPSA) is 72.5 Å². The molecule has 4 rings (SSSR count). The van der Waals surface area contributed by atoms with Gasteiger partial charge in [-0.2, -0.15) is 0 Å². The van der Waals surface area contributed by atoms with Crippen LogP contribution in [-0.2, 0) is 33.2 Å². The van der Waals surface area contributed by atoms with Gasteiger partial charge in [0.05, 0.1) is 0 Å². The Morgan fingerprint density at radius 2 is 1.59 bits per heavy atom. The summed E-state index contributed by atoms with van der Waals surface area (Å²) < 4.78 is 35.8. The van der Waals surface area contributed by atoms with Crippen LogP contribution in [0.5, 0.6) is 0 Å². The predicted octanol–water partition coefficient (Wildman–Crippen LogP) is 6.46. The monoisotopic (exact) mass is 542 g/mol. The Labute approximate surface area is 233 Å². The van der Waals surface area contributed by atoms with Gasteiger partial charge in [0.15, 0.2) is 17.9 Å². The minimum absolute atomic E-state index is 0.0232. The Morgan fingerprint density at radius 3 is 2.31 bits per heavy atom. The molecule has 0 N–H and O–H groups in total. The summed E-state index contributed by atoms with van der Waals surface area (Å²) in [6.45, 7) is 18.2. The van der Waals surface area contributed by atoms with Gasteiger partial charge < -0.3 is 28.4 Å². The zero-order valence-electron chi connectivity index (χ0n) is 25.0. The summed E-state index contributed by atoms with van der Waals surface area (Å²) >= 11 is 0. The van der Waals surface area contributed by atoms with E-state index in [4.69, 9.17) is 28.4 Å². The summed E-state index contributed by atoms with van der Waals surface area (Å²) in [7, 11) is 0. The lowest BCUT2D eigenvalue weighted by Crippen LogP contribution is -2.56. The fraction of sp³-hybridized carbons (Fsp3) is 0.656. The van der Waals surface area contributed by atoms with Crippen molar-refractivity contribution in [1.29, 1.82) is 0 Å². The van der Waals surface area contributed by atoms with Gasteiger partial charge in [-0.1, -0.05) is 55.4 Å². The highest BCUT2D eigenvalue weighted by atomic mass is 16.9. The number of ether oxygens (including phenoxy) is 6. The number of carbonyl (C=O) groups excluding carboxylic acids is 1. The molecule has 3 aliphatic heterocycles. The van der Waals surface area contributed by atoms with Crippen molar-refractivity contribution in [3.8, 4) is 0 Å². The molecular weight excluding hydrogens is 496 g/mol.